The molecule has 0 amide bonds. The first-order valence-electron chi connectivity index (χ1n) is 14.3. The average molecular weight is 655 g/mol. The van der Waals surface area contributed by atoms with Crippen LogP contribution in [0.2, 0.25) is 0 Å². The van der Waals surface area contributed by atoms with Crippen LogP contribution in [0, 0.1) is 5.92 Å². The fraction of sp³-hybridized carbons (Fsp3) is 0.235. The van der Waals surface area contributed by atoms with Crippen LogP contribution in [-0.2, 0) is 28.6 Å². The predicted octanol–water partition coefficient (Wildman–Crippen LogP) is 4.28. The molecule has 44 heavy (non-hydrogen) atoms. The molecule has 1 aromatic heterocycles. The van der Waals surface area contributed by atoms with E-state index >= 15 is 0 Å². The van der Waals surface area contributed by atoms with Crippen LogP contribution < -0.4 is 16.1 Å². The lowest BCUT2D eigenvalue weighted by molar-refractivity contribution is -0.133. The lowest BCUT2D eigenvalue weighted by atomic mass is 9.47. The van der Waals surface area contributed by atoms with Crippen LogP contribution in [0.4, 0.5) is 0 Å². The van der Waals surface area contributed by atoms with E-state index in [2.05, 4.69) is 15.9 Å². The summed E-state index contributed by atoms with van der Waals surface area (Å²) < 4.78 is 9.94. The van der Waals surface area contributed by atoms with E-state index in [4.69, 9.17) is 4.74 Å². The Morgan fingerprint density at radius 3 is 2.32 bits per heavy atom. The van der Waals surface area contributed by atoms with Crippen molar-refractivity contribution in [1.29, 1.82) is 0 Å². The molecule has 1 N–H and O–H groups in total. The highest BCUT2D eigenvalue weighted by atomic mass is 79.9. The number of carbonyl (C=O) groups is 2. The van der Waals surface area contributed by atoms with Crippen LogP contribution in [0.25, 0.3) is 5.57 Å². The van der Waals surface area contributed by atoms with E-state index in [1.807, 2.05) is 54.6 Å². The van der Waals surface area contributed by atoms with Gasteiger partial charge in [-0.3, -0.25) is 9.59 Å². The molecule has 4 atom stereocenters. The first-order valence-corrected chi connectivity index (χ1v) is 15.0. The number of aromatic nitrogens is 3. The molecule has 3 aromatic carbocycles. The number of nitrogens with zero attached hydrogens (tertiary/aromatic N) is 3. The number of allylic oxidation sites excluding steroid dienone is 4. The van der Waals surface area contributed by atoms with E-state index in [1.165, 1.54) is 29.6 Å². The SMILES string of the molecule is COc1cc(Br)cc([C@H]2C3=CCn4c(=O)n(C)c(=O)n4[C@@H]3C[C@H]3C(=O)C(c4ccccc4)=CC(=O)[C@@]23c2ccccc2)c1O. The molecular formula is C34H28BrN3O6. The van der Waals surface area contributed by atoms with Gasteiger partial charge in [-0.05, 0) is 41.3 Å². The number of aromatic hydroxyl groups is 1. The van der Waals surface area contributed by atoms with E-state index < -0.39 is 34.7 Å². The van der Waals surface area contributed by atoms with Gasteiger partial charge in [0.1, 0.15) is 0 Å². The minimum absolute atomic E-state index is 0.0892. The molecule has 1 saturated carbocycles. The molecule has 1 fully saturated rings. The number of ether oxygens (including phenoxy) is 1. The number of benzene rings is 3. The zero-order chi connectivity index (χ0) is 30.9. The Kier molecular flexibility index (Phi) is 6.51. The maximum Gasteiger partial charge on any atom is 0.347 e. The second-order valence-electron chi connectivity index (χ2n) is 11.4. The van der Waals surface area contributed by atoms with Crippen LogP contribution >= 0.6 is 15.9 Å². The number of rotatable bonds is 4. The van der Waals surface area contributed by atoms with Crippen molar-refractivity contribution in [2.45, 2.75) is 30.3 Å². The smallest absolute Gasteiger partial charge is 0.347 e. The van der Waals surface area contributed by atoms with E-state index in [9.17, 15) is 24.3 Å². The van der Waals surface area contributed by atoms with Crippen molar-refractivity contribution in [3.63, 3.8) is 0 Å². The van der Waals surface area contributed by atoms with E-state index in [0.717, 1.165) is 4.57 Å². The van der Waals surface area contributed by atoms with Gasteiger partial charge in [0.2, 0.25) is 0 Å². The number of fused-ring (bicyclic) bond motifs is 4. The van der Waals surface area contributed by atoms with Crippen molar-refractivity contribution >= 4 is 33.1 Å². The Morgan fingerprint density at radius 1 is 0.955 bits per heavy atom. The Labute approximate surface area is 260 Å². The van der Waals surface area contributed by atoms with E-state index in [1.54, 1.807) is 24.3 Å². The number of phenolic OH excluding ortho intramolecular Hbond substituents is 1. The number of Topliss-reactive ketones (excluding diaryl/α,β-unsaturated/α-hetero) is 1. The lowest BCUT2D eigenvalue weighted by Gasteiger charge is -2.54. The summed E-state index contributed by atoms with van der Waals surface area (Å²) in [5.74, 6) is -2.33. The lowest BCUT2D eigenvalue weighted by Crippen LogP contribution is -2.58. The summed E-state index contributed by atoms with van der Waals surface area (Å²) in [6.07, 6.45) is 3.40. The molecule has 10 heteroatoms. The molecule has 4 aromatic rings. The van der Waals surface area contributed by atoms with Gasteiger partial charge in [0, 0.05) is 34.5 Å². The topological polar surface area (TPSA) is 113 Å². The fourth-order valence-electron chi connectivity index (χ4n) is 7.56. The van der Waals surface area contributed by atoms with Crippen molar-refractivity contribution in [3.05, 3.63) is 133 Å². The van der Waals surface area contributed by atoms with Crippen molar-refractivity contribution in [2.24, 2.45) is 13.0 Å². The van der Waals surface area contributed by atoms with Crippen molar-refractivity contribution in [1.82, 2.24) is 13.9 Å². The summed E-state index contributed by atoms with van der Waals surface area (Å²) in [6, 6.07) is 20.9. The number of hydrogen-bond donors (Lipinski definition) is 1. The average Bonchev–Trinajstić information content (AvgIpc) is 3.27. The largest absolute Gasteiger partial charge is 0.504 e. The third-order valence-corrected chi connectivity index (χ3v) is 9.89. The predicted molar refractivity (Wildman–Crippen MR) is 167 cm³/mol. The van der Waals surface area contributed by atoms with Gasteiger partial charge < -0.3 is 9.84 Å². The molecular weight excluding hydrogens is 626 g/mol. The van der Waals surface area contributed by atoms with Gasteiger partial charge in [-0.15, -0.1) is 0 Å². The molecule has 1 aliphatic heterocycles. The Balaban J connectivity index is 1.60. The van der Waals surface area contributed by atoms with Crippen molar-refractivity contribution < 1.29 is 19.4 Å². The first-order chi connectivity index (χ1) is 21.2. The van der Waals surface area contributed by atoms with Gasteiger partial charge in [0.05, 0.1) is 25.1 Å². The highest BCUT2D eigenvalue weighted by Crippen LogP contribution is 2.63. The summed E-state index contributed by atoms with van der Waals surface area (Å²) in [6.45, 7) is 0.0892. The molecule has 0 unspecified atom stereocenters. The highest BCUT2D eigenvalue weighted by molar-refractivity contribution is 9.10. The molecule has 9 nitrogen and oxygen atoms in total. The fourth-order valence-corrected chi connectivity index (χ4v) is 8.01. The van der Waals surface area contributed by atoms with Crippen LogP contribution in [0.15, 0.2) is 105 Å². The van der Waals surface area contributed by atoms with Gasteiger partial charge in [-0.2, -0.15) is 0 Å². The van der Waals surface area contributed by atoms with Crippen molar-refractivity contribution in [2.75, 3.05) is 7.11 Å². The summed E-state index contributed by atoms with van der Waals surface area (Å²) in [5, 5.41) is 11.7. The number of methoxy groups -OCH3 is 1. The van der Waals surface area contributed by atoms with Crippen LogP contribution in [0.1, 0.15) is 35.1 Å². The van der Waals surface area contributed by atoms with Crippen LogP contribution in [0.3, 0.4) is 0 Å². The van der Waals surface area contributed by atoms with Gasteiger partial charge in [-0.25, -0.2) is 23.5 Å². The third kappa shape index (κ3) is 3.76. The quantitative estimate of drug-likeness (QED) is 0.329. The standard InChI is InChI=1S/C34H28BrN3O6/c1-36-32(42)37-14-13-22-26(38(37)33(36)43)18-25-30(40)23(19-9-5-3-6-10-19)17-28(39)34(25,20-11-7-4-8-12-20)29(22)24-15-21(35)16-27(44-2)31(24)41/h3-13,15-17,25-26,29,41H,14,18H2,1-2H3/t25-,26+,29+,34-/m0/s1. The second-order valence-corrected chi connectivity index (χ2v) is 12.3. The van der Waals surface area contributed by atoms with Gasteiger partial charge >= 0.3 is 11.4 Å². The summed E-state index contributed by atoms with van der Waals surface area (Å²) >= 11 is 3.54. The summed E-state index contributed by atoms with van der Waals surface area (Å²) in [5.41, 5.74) is 0.133. The highest BCUT2D eigenvalue weighted by Gasteiger charge is 2.63. The minimum atomic E-state index is -1.47. The van der Waals surface area contributed by atoms with Gasteiger partial charge in [0.25, 0.3) is 0 Å². The zero-order valence-electron chi connectivity index (χ0n) is 23.9. The number of hydrogen-bond acceptors (Lipinski definition) is 6. The Hall–Kier alpha value is -4.70. The summed E-state index contributed by atoms with van der Waals surface area (Å²) in [4.78, 5) is 56.3. The second kappa shape index (κ2) is 10.2. The molecule has 222 valence electrons. The molecule has 3 aliphatic rings. The van der Waals surface area contributed by atoms with E-state index in [-0.39, 0.29) is 36.0 Å². The van der Waals surface area contributed by atoms with Crippen molar-refractivity contribution in [3.8, 4) is 11.5 Å². The monoisotopic (exact) mass is 653 g/mol. The summed E-state index contributed by atoms with van der Waals surface area (Å²) in [7, 11) is 2.87. The van der Waals surface area contributed by atoms with Crippen LogP contribution in [0.5, 0.6) is 11.5 Å². The third-order valence-electron chi connectivity index (χ3n) is 9.43. The maximum absolute atomic E-state index is 15.0. The molecule has 2 heterocycles. The van der Waals surface area contributed by atoms with Gasteiger partial charge in [-0.1, -0.05) is 82.7 Å². The molecule has 0 radical (unpaired) electrons. The Bertz CT molecular complexity index is 2040. The molecule has 0 bridgehead atoms. The minimum Gasteiger partial charge on any atom is -0.504 e. The molecule has 2 aliphatic carbocycles. The number of carbonyl (C=O) groups excluding carboxylic acids is 2. The normalized spacial score (nSPS) is 24.1. The number of halogens is 1. The molecule has 0 spiro atoms. The van der Waals surface area contributed by atoms with E-state index in [0.29, 0.717) is 32.3 Å². The molecule has 0 saturated heterocycles. The number of ketones is 2. The first kappa shape index (κ1) is 28.1. The molecule has 7 rings (SSSR count). The zero-order valence-corrected chi connectivity index (χ0v) is 25.5. The Morgan fingerprint density at radius 2 is 1.64 bits per heavy atom. The maximum atomic E-state index is 15.0. The number of phenols is 1. The van der Waals surface area contributed by atoms with Crippen LogP contribution in [-0.4, -0.2) is 37.7 Å². The van der Waals surface area contributed by atoms with Gasteiger partial charge in [0.15, 0.2) is 23.1 Å².